The zero-order valence-electron chi connectivity index (χ0n) is 8.73. The maximum Gasteiger partial charge on any atom is 0.339 e. The van der Waals surface area contributed by atoms with Crippen molar-refractivity contribution < 1.29 is 14.3 Å². The van der Waals surface area contributed by atoms with Gasteiger partial charge in [-0.15, -0.1) is 0 Å². The molecule has 1 unspecified atom stereocenters. The lowest BCUT2D eigenvalue weighted by molar-refractivity contribution is -0.158. The van der Waals surface area contributed by atoms with Crippen LogP contribution in [0.5, 0.6) is 0 Å². The molecule has 0 saturated carbocycles. The van der Waals surface area contributed by atoms with Crippen LogP contribution >= 0.6 is 0 Å². The SMILES string of the molecule is CCOC(=O)C1OCCc2ccccc21. The smallest absolute Gasteiger partial charge is 0.339 e. The lowest BCUT2D eigenvalue weighted by Gasteiger charge is -2.24. The van der Waals surface area contributed by atoms with E-state index in [0.29, 0.717) is 13.2 Å². The van der Waals surface area contributed by atoms with Crippen LogP contribution in [0.4, 0.5) is 0 Å². The fourth-order valence-electron chi connectivity index (χ4n) is 1.81. The van der Waals surface area contributed by atoms with Crippen LogP contribution in [0.15, 0.2) is 24.3 Å². The molecule has 2 rings (SSSR count). The highest BCUT2D eigenvalue weighted by Crippen LogP contribution is 2.27. The first kappa shape index (κ1) is 10.2. The molecule has 3 heteroatoms. The van der Waals surface area contributed by atoms with Gasteiger partial charge in [-0.2, -0.15) is 0 Å². The third kappa shape index (κ3) is 2.02. The summed E-state index contributed by atoms with van der Waals surface area (Å²) in [5.41, 5.74) is 2.13. The van der Waals surface area contributed by atoms with Crippen LogP contribution in [0.2, 0.25) is 0 Å². The van der Waals surface area contributed by atoms with Crippen LogP contribution in [0.1, 0.15) is 24.2 Å². The van der Waals surface area contributed by atoms with Gasteiger partial charge in [0.15, 0.2) is 6.10 Å². The first-order chi connectivity index (χ1) is 7.33. The van der Waals surface area contributed by atoms with Gasteiger partial charge in [-0.3, -0.25) is 0 Å². The van der Waals surface area contributed by atoms with E-state index >= 15 is 0 Å². The Balaban J connectivity index is 2.25. The largest absolute Gasteiger partial charge is 0.464 e. The highest BCUT2D eigenvalue weighted by atomic mass is 16.6. The van der Waals surface area contributed by atoms with E-state index in [0.717, 1.165) is 12.0 Å². The molecule has 0 aliphatic carbocycles. The molecule has 1 atom stereocenters. The van der Waals surface area contributed by atoms with Crippen LogP contribution in [-0.2, 0) is 20.7 Å². The first-order valence-corrected chi connectivity index (χ1v) is 5.19. The standard InChI is InChI=1S/C12H14O3/c1-2-14-12(13)11-10-6-4-3-5-9(10)7-8-15-11/h3-6,11H,2,7-8H2,1H3. The minimum atomic E-state index is -0.533. The third-order valence-electron chi connectivity index (χ3n) is 2.49. The van der Waals surface area contributed by atoms with Crippen molar-refractivity contribution in [2.45, 2.75) is 19.4 Å². The van der Waals surface area contributed by atoms with Gasteiger partial charge in [0, 0.05) is 0 Å². The monoisotopic (exact) mass is 206 g/mol. The van der Waals surface area contributed by atoms with Crippen LogP contribution in [0, 0.1) is 0 Å². The molecule has 3 nitrogen and oxygen atoms in total. The minimum absolute atomic E-state index is 0.287. The maximum absolute atomic E-state index is 11.6. The Morgan fingerprint density at radius 2 is 2.33 bits per heavy atom. The minimum Gasteiger partial charge on any atom is -0.464 e. The van der Waals surface area contributed by atoms with Crippen molar-refractivity contribution in [3.05, 3.63) is 35.4 Å². The third-order valence-corrected chi connectivity index (χ3v) is 2.49. The molecule has 0 aromatic heterocycles. The van der Waals surface area contributed by atoms with Gasteiger partial charge in [-0.05, 0) is 24.5 Å². The molecule has 1 aliphatic rings. The molecule has 0 saturated heterocycles. The van der Waals surface area contributed by atoms with Gasteiger partial charge in [0.05, 0.1) is 13.2 Å². The molecule has 0 radical (unpaired) electrons. The summed E-state index contributed by atoms with van der Waals surface area (Å²) < 4.78 is 10.4. The van der Waals surface area contributed by atoms with Crippen LogP contribution in [0.25, 0.3) is 0 Å². The summed E-state index contributed by atoms with van der Waals surface area (Å²) in [6.07, 6.45) is 0.335. The Morgan fingerprint density at radius 3 is 3.13 bits per heavy atom. The van der Waals surface area contributed by atoms with E-state index in [1.165, 1.54) is 5.56 Å². The van der Waals surface area contributed by atoms with E-state index in [1.807, 2.05) is 24.3 Å². The molecular weight excluding hydrogens is 192 g/mol. The van der Waals surface area contributed by atoms with Crippen molar-refractivity contribution in [3.63, 3.8) is 0 Å². The number of benzene rings is 1. The molecule has 80 valence electrons. The summed E-state index contributed by atoms with van der Waals surface area (Å²) in [6.45, 7) is 2.77. The Bertz CT molecular complexity index is 360. The number of fused-ring (bicyclic) bond motifs is 1. The summed E-state index contributed by atoms with van der Waals surface area (Å²) in [5, 5.41) is 0. The number of ether oxygens (including phenoxy) is 2. The highest BCUT2D eigenvalue weighted by Gasteiger charge is 2.27. The molecule has 0 fully saturated rings. The Kier molecular flexibility index (Phi) is 3.02. The van der Waals surface area contributed by atoms with E-state index in [4.69, 9.17) is 9.47 Å². The van der Waals surface area contributed by atoms with Gasteiger partial charge in [-0.1, -0.05) is 24.3 Å². The maximum atomic E-state index is 11.6. The second kappa shape index (κ2) is 4.45. The van der Waals surface area contributed by atoms with Crippen molar-refractivity contribution in [3.8, 4) is 0 Å². The van der Waals surface area contributed by atoms with Gasteiger partial charge in [0.2, 0.25) is 0 Å². The summed E-state index contributed by atoms with van der Waals surface area (Å²) in [4.78, 5) is 11.6. The van der Waals surface area contributed by atoms with Crippen molar-refractivity contribution in [1.82, 2.24) is 0 Å². The summed E-state index contributed by atoms with van der Waals surface area (Å²) in [5.74, 6) is -0.287. The molecular formula is C12H14O3. The molecule has 1 aromatic carbocycles. The molecule has 1 heterocycles. The fourth-order valence-corrected chi connectivity index (χ4v) is 1.81. The molecule has 0 spiro atoms. The van der Waals surface area contributed by atoms with Gasteiger partial charge in [0.25, 0.3) is 0 Å². The van der Waals surface area contributed by atoms with Crippen molar-refractivity contribution >= 4 is 5.97 Å². The quantitative estimate of drug-likeness (QED) is 0.693. The second-order valence-corrected chi connectivity index (χ2v) is 3.45. The molecule has 1 aliphatic heterocycles. The van der Waals surface area contributed by atoms with Gasteiger partial charge in [0.1, 0.15) is 0 Å². The number of carbonyl (C=O) groups is 1. The topological polar surface area (TPSA) is 35.5 Å². The summed E-state index contributed by atoms with van der Waals surface area (Å²) >= 11 is 0. The lowest BCUT2D eigenvalue weighted by Crippen LogP contribution is -2.25. The molecule has 0 N–H and O–H groups in total. The van der Waals surface area contributed by atoms with Crippen LogP contribution in [0.3, 0.4) is 0 Å². The molecule has 0 amide bonds. The fraction of sp³-hybridized carbons (Fsp3) is 0.417. The van der Waals surface area contributed by atoms with Gasteiger partial charge < -0.3 is 9.47 Å². The van der Waals surface area contributed by atoms with Crippen LogP contribution in [-0.4, -0.2) is 19.2 Å². The number of carbonyl (C=O) groups excluding carboxylic acids is 1. The lowest BCUT2D eigenvalue weighted by atomic mass is 9.98. The molecule has 1 aromatic rings. The second-order valence-electron chi connectivity index (χ2n) is 3.45. The van der Waals surface area contributed by atoms with Crippen molar-refractivity contribution in [2.75, 3.05) is 13.2 Å². The van der Waals surface area contributed by atoms with E-state index in [1.54, 1.807) is 6.92 Å². The van der Waals surface area contributed by atoms with Crippen LogP contribution < -0.4 is 0 Å². The van der Waals surface area contributed by atoms with Gasteiger partial charge >= 0.3 is 5.97 Å². The Morgan fingerprint density at radius 1 is 1.53 bits per heavy atom. The van der Waals surface area contributed by atoms with Crippen molar-refractivity contribution in [2.24, 2.45) is 0 Å². The Labute approximate surface area is 89.0 Å². The zero-order chi connectivity index (χ0) is 10.7. The van der Waals surface area contributed by atoms with E-state index in [9.17, 15) is 4.79 Å². The van der Waals surface area contributed by atoms with E-state index in [-0.39, 0.29) is 5.97 Å². The highest BCUT2D eigenvalue weighted by molar-refractivity contribution is 5.77. The number of hydrogen-bond acceptors (Lipinski definition) is 3. The molecule has 0 bridgehead atoms. The summed E-state index contributed by atoms with van der Waals surface area (Å²) in [6, 6.07) is 7.85. The number of rotatable bonds is 2. The average molecular weight is 206 g/mol. The van der Waals surface area contributed by atoms with E-state index in [2.05, 4.69) is 0 Å². The normalized spacial score (nSPS) is 19.4. The summed E-state index contributed by atoms with van der Waals surface area (Å²) in [7, 11) is 0. The molecule has 15 heavy (non-hydrogen) atoms. The average Bonchev–Trinajstić information content (AvgIpc) is 2.28. The predicted octanol–water partition coefficient (Wildman–Crippen LogP) is 1.86. The van der Waals surface area contributed by atoms with Gasteiger partial charge in [-0.25, -0.2) is 4.79 Å². The number of esters is 1. The zero-order valence-corrected chi connectivity index (χ0v) is 8.73. The predicted molar refractivity (Wildman–Crippen MR) is 55.5 cm³/mol. The Hall–Kier alpha value is -1.35. The number of hydrogen-bond donors (Lipinski definition) is 0. The van der Waals surface area contributed by atoms with Crippen molar-refractivity contribution in [1.29, 1.82) is 0 Å². The van der Waals surface area contributed by atoms with E-state index < -0.39 is 6.10 Å². The first-order valence-electron chi connectivity index (χ1n) is 5.19.